The number of Topliss-reactive ketones (excluding diaryl/α,β-unsaturated/α-hetero) is 1. The molecule has 0 aliphatic carbocycles. The maximum absolute atomic E-state index is 13.3. The smallest absolute Gasteiger partial charge is 0.276 e. The minimum atomic E-state index is -0.667. The second-order valence-electron chi connectivity index (χ2n) is 8.58. The number of ether oxygens (including phenoxy) is 1. The van der Waals surface area contributed by atoms with Crippen LogP contribution in [0.2, 0.25) is 0 Å². The molecule has 9 nitrogen and oxygen atoms in total. The van der Waals surface area contributed by atoms with Gasteiger partial charge in [-0.3, -0.25) is 24.5 Å². The van der Waals surface area contributed by atoms with Gasteiger partial charge in [-0.2, -0.15) is 0 Å². The second-order valence-corrected chi connectivity index (χ2v) is 9.63. The molecule has 10 heteroatoms. The molecule has 2 amide bonds. The third kappa shape index (κ3) is 7.68. The minimum Gasteiger partial charge on any atom is -0.496 e. The van der Waals surface area contributed by atoms with Crippen LogP contribution in [-0.4, -0.2) is 35.4 Å². The van der Waals surface area contributed by atoms with Crippen LogP contribution in [0.15, 0.2) is 114 Å². The summed E-state index contributed by atoms with van der Waals surface area (Å²) in [5, 5.41) is 16.8. The first-order chi connectivity index (χ1) is 19.9. The van der Waals surface area contributed by atoms with Gasteiger partial charge in [0.25, 0.3) is 17.5 Å². The van der Waals surface area contributed by atoms with E-state index >= 15 is 0 Å². The zero-order valence-electron chi connectivity index (χ0n) is 21.9. The molecule has 41 heavy (non-hydrogen) atoms. The normalized spacial score (nSPS) is 10.9. The molecule has 0 spiro atoms. The number of thioether (sulfide) groups is 1. The van der Waals surface area contributed by atoms with E-state index in [1.165, 1.54) is 43.1 Å². The highest BCUT2D eigenvalue weighted by Crippen LogP contribution is 2.25. The second kappa shape index (κ2) is 13.7. The van der Waals surface area contributed by atoms with Crippen LogP contribution in [0, 0.1) is 10.1 Å². The summed E-state index contributed by atoms with van der Waals surface area (Å²) in [4.78, 5) is 50.5. The predicted octanol–water partition coefficient (Wildman–Crippen LogP) is 5.99. The molecule has 0 saturated heterocycles. The molecule has 0 atom stereocenters. The highest BCUT2D eigenvalue weighted by molar-refractivity contribution is 8.00. The van der Waals surface area contributed by atoms with Gasteiger partial charge in [0.2, 0.25) is 0 Å². The first-order valence-electron chi connectivity index (χ1n) is 12.4. The van der Waals surface area contributed by atoms with Gasteiger partial charge in [0, 0.05) is 22.2 Å². The molecule has 0 saturated carbocycles. The average molecular weight is 568 g/mol. The van der Waals surface area contributed by atoms with Gasteiger partial charge < -0.3 is 15.4 Å². The van der Waals surface area contributed by atoms with Crippen molar-refractivity contribution in [3.05, 3.63) is 136 Å². The topological polar surface area (TPSA) is 128 Å². The lowest BCUT2D eigenvalue weighted by Crippen LogP contribution is -2.30. The standard InChI is InChI=1S/C31H25N3O6S/c1-40-29-14-8-6-12-25(29)28(35)20-41-24-17-15-23(16-18-24)32-31(37)26(33-30(36)21-9-3-2-4-10-21)19-22-11-5-7-13-27(22)34(38)39/h2-19H,20H2,1H3,(H,32,37)(H,33,36)/b26-19-. The van der Waals surface area contributed by atoms with Crippen LogP contribution in [0.1, 0.15) is 26.3 Å². The number of nitrogens with one attached hydrogen (secondary N) is 2. The van der Waals surface area contributed by atoms with Crippen molar-refractivity contribution in [1.29, 1.82) is 0 Å². The first kappa shape index (κ1) is 28.8. The molecule has 206 valence electrons. The molecular formula is C31H25N3O6S. The molecular weight excluding hydrogens is 542 g/mol. The van der Waals surface area contributed by atoms with Crippen LogP contribution in [0.25, 0.3) is 6.08 Å². The van der Waals surface area contributed by atoms with Gasteiger partial charge >= 0.3 is 0 Å². The van der Waals surface area contributed by atoms with E-state index in [0.29, 0.717) is 22.6 Å². The van der Waals surface area contributed by atoms with Gasteiger partial charge in [0.15, 0.2) is 5.78 Å². The third-order valence-electron chi connectivity index (χ3n) is 5.85. The van der Waals surface area contributed by atoms with Gasteiger partial charge in [-0.05, 0) is 60.7 Å². The number of methoxy groups -OCH3 is 1. The Morgan fingerprint density at radius 1 is 0.878 bits per heavy atom. The van der Waals surface area contributed by atoms with Crippen molar-refractivity contribution >= 4 is 46.8 Å². The summed E-state index contributed by atoms with van der Waals surface area (Å²) in [5.74, 6) is -0.583. The van der Waals surface area contributed by atoms with Crippen molar-refractivity contribution in [3.63, 3.8) is 0 Å². The summed E-state index contributed by atoms with van der Waals surface area (Å²) >= 11 is 1.34. The number of benzene rings is 4. The van der Waals surface area contributed by atoms with Crippen molar-refractivity contribution in [3.8, 4) is 5.75 Å². The molecule has 4 aromatic rings. The molecule has 4 rings (SSSR count). The van der Waals surface area contributed by atoms with E-state index in [2.05, 4.69) is 10.6 Å². The van der Waals surface area contributed by atoms with Gasteiger partial charge in [0.05, 0.1) is 28.9 Å². The van der Waals surface area contributed by atoms with Crippen LogP contribution in [0.3, 0.4) is 0 Å². The molecule has 0 aromatic heterocycles. The van der Waals surface area contributed by atoms with Gasteiger partial charge in [-0.15, -0.1) is 11.8 Å². The fraction of sp³-hybridized carbons (Fsp3) is 0.0645. The van der Waals surface area contributed by atoms with Crippen LogP contribution in [0.5, 0.6) is 5.75 Å². The Labute approximate surface area is 240 Å². The Bertz CT molecular complexity index is 1600. The van der Waals surface area contributed by atoms with E-state index in [1.54, 1.807) is 84.9 Å². The van der Waals surface area contributed by atoms with E-state index in [0.717, 1.165) is 4.90 Å². The highest BCUT2D eigenvalue weighted by Gasteiger charge is 2.18. The SMILES string of the molecule is COc1ccccc1C(=O)CSc1ccc(NC(=O)/C(=C/c2ccccc2[N+](=O)[O-])NC(=O)c2ccccc2)cc1. The van der Waals surface area contributed by atoms with Crippen molar-refractivity contribution in [2.45, 2.75) is 4.90 Å². The van der Waals surface area contributed by atoms with E-state index in [1.807, 2.05) is 0 Å². The molecule has 0 aliphatic rings. The van der Waals surface area contributed by atoms with Crippen LogP contribution in [-0.2, 0) is 4.79 Å². The Morgan fingerprint density at radius 2 is 1.54 bits per heavy atom. The number of hydrogen-bond acceptors (Lipinski definition) is 7. The summed E-state index contributed by atoms with van der Waals surface area (Å²) in [7, 11) is 1.51. The quantitative estimate of drug-likeness (QED) is 0.0749. The lowest BCUT2D eigenvalue weighted by atomic mass is 10.1. The zero-order chi connectivity index (χ0) is 29.2. The highest BCUT2D eigenvalue weighted by atomic mass is 32.2. The lowest BCUT2D eigenvalue weighted by Gasteiger charge is -2.12. The average Bonchev–Trinajstić information content (AvgIpc) is 3.00. The molecule has 0 heterocycles. The van der Waals surface area contributed by atoms with E-state index in [-0.39, 0.29) is 28.5 Å². The van der Waals surface area contributed by atoms with Gasteiger partial charge in [-0.25, -0.2) is 0 Å². The number of carbonyl (C=O) groups excluding carboxylic acids is 3. The number of nitrogens with zero attached hydrogens (tertiary/aromatic N) is 1. The Kier molecular flexibility index (Phi) is 9.63. The number of carbonyl (C=O) groups is 3. The monoisotopic (exact) mass is 567 g/mol. The Balaban J connectivity index is 1.49. The van der Waals surface area contributed by atoms with Crippen LogP contribution >= 0.6 is 11.8 Å². The molecule has 0 unspecified atom stereocenters. The summed E-state index contributed by atoms with van der Waals surface area (Å²) in [5.41, 5.74) is 1.02. The number of anilines is 1. The van der Waals surface area contributed by atoms with Gasteiger partial charge in [-0.1, -0.05) is 42.5 Å². The fourth-order valence-corrected chi connectivity index (χ4v) is 4.59. The maximum atomic E-state index is 13.3. The van der Waals surface area contributed by atoms with Crippen LogP contribution in [0.4, 0.5) is 11.4 Å². The molecule has 4 aromatic carbocycles. The third-order valence-corrected chi connectivity index (χ3v) is 6.86. The summed E-state index contributed by atoms with van der Waals surface area (Å²) in [6.07, 6.45) is 1.27. The van der Waals surface area contributed by atoms with Crippen molar-refractivity contribution in [1.82, 2.24) is 5.32 Å². The van der Waals surface area contributed by atoms with Crippen molar-refractivity contribution in [2.24, 2.45) is 0 Å². The summed E-state index contributed by atoms with van der Waals surface area (Å²) < 4.78 is 5.26. The largest absolute Gasteiger partial charge is 0.496 e. The Hall–Kier alpha value is -5.22. The van der Waals surface area contributed by atoms with Gasteiger partial charge in [0.1, 0.15) is 11.4 Å². The van der Waals surface area contributed by atoms with E-state index in [4.69, 9.17) is 4.74 Å². The number of ketones is 1. The molecule has 2 N–H and O–H groups in total. The van der Waals surface area contributed by atoms with E-state index < -0.39 is 16.7 Å². The van der Waals surface area contributed by atoms with Crippen molar-refractivity contribution in [2.75, 3.05) is 18.2 Å². The molecule has 0 bridgehead atoms. The first-order valence-corrected chi connectivity index (χ1v) is 13.4. The fourth-order valence-electron chi connectivity index (χ4n) is 3.81. The Morgan fingerprint density at radius 3 is 2.24 bits per heavy atom. The number of amides is 2. The maximum Gasteiger partial charge on any atom is 0.276 e. The lowest BCUT2D eigenvalue weighted by molar-refractivity contribution is -0.385. The summed E-state index contributed by atoms with van der Waals surface area (Å²) in [6, 6.07) is 28.1. The number of para-hydroxylation sites is 2. The molecule has 0 radical (unpaired) electrons. The predicted molar refractivity (Wildman–Crippen MR) is 158 cm³/mol. The molecule has 0 fully saturated rings. The minimum absolute atomic E-state index is 0.0798. The number of nitro groups is 1. The number of hydrogen-bond donors (Lipinski definition) is 2. The van der Waals surface area contributed by atoms with Crippen molar-refractivity contribution < 1.29 is 24.0 Å². The van der Waals surface area contributed by atoms with Crippen LogP contribution < -0.4 is 15.4 Å². The number of rotatable bonds is 11. The molecule has 0 aliphatic heterocycles. The van der Waals surface area contributed by atoms with E-state index in [9.17, 15) is 24.5 Å². The zero-order valence-corrected chi connectivity index (χ0v) is 22.7. The number of nitro benzene ring substituents is 1. The summed E-state index contributed by atoms with van der Waals surface area (Å²) in [6.45, 7) is 0.